The number of ether oxygens (including phenoxy) is 1. The van der Waals surface area contributed by atoms with Gasteiger partial charge in [0.1, 0.15) is 0 Å². The molecule has 0 fully saturated rings. The Balaban J connectivity index is 3.39. The van der Waals surface area contributed by atoms with E-state index < -0.39 is 0 Å². The first-order valence-electron chi connectivity index (χ1n) is 8.16. The van der Waals surface area contributed by atoms with Crippen LogP contribution < -0.4 is 5.32 Å². The summed E-state index contributed by atoms with van der Waals surface area (Å²) in [5, 5.41) is 3.53. The van der Waals surface area contributed by atoms with E-state index >= 15 is 0 Å². The molecule has 0 spiro atoms. The third-order valence-electron chi connectivity index (χ3n) is 3.32. The molecule has 0 saturated carbocycles. The molecule has 0 radical (unpaired) electrons. The van der Waals surface area contributed by atoms with E-state index in [-0.39, 0.29) is 0 Å². The van der Waals surface area contributed by atoms with Crippen molar-refractivity contribution in [2.24, 2.45) is 0 Å². The third-order valence-corrected chi connectivity index (χ3v) is 3.32. The van der Waals surface area contributed by atoms with Crippen molar-refractivity contribution in [1.82, 2.24) is 5.32 Å². The van der Waals surface area contributed by atoms with Crippen molar-refractivity contribution < 1.29 is 4.74 Å². The van der Waals surface area contributed by atoms with Crippen molar-refractivity contribution in [2.75, 3.05) is 19.8 Å². The number of likely N-dealkylation sites (N-methyl/N-ethyl adjacent to an activating group) is 1. The standard InChI is InChI=1S/C16H35NO/c1-4-7-8-9-10-11-12-13-16(17-6-3)15-18-14-5-2/h16-17H,4-15H2,1-3H3. The normalized spacial score (nSPS) is 12.8. The largest absolute Gasteiger partial charge is 0.380 e. The topological polar surface area (TPSA) is 21.3 Å². The Morgan fingerprint density at radius 2 is 1.50 bits per heavy atom. The van der Waals surface area contributed by atoms with Crippen LogP contribution in [0.1, 0.15) is 78.6 Å². The summed E-state index contributed by atoms with van der Waals surface area (Å²) >= 11 is 0. The summed E-state index contributed by atoms with van der Waals surface area (Å²) in [4.78, 5) is 0. The van der Waals surface area contributed by atoms with Gasteiger partial charge in [-0.3, -0.25) is 0 Å². The van der Waals surface area contributed by atoms with Crippen molar-refractivity contribution in [3.8, 4) is 0 Å². The highest BCUT2D eigenvalue weighted by Gasteiger charge is 2.06. The molecule has 110 valence electrons. The van der Waals surface area contributed by atoms with E-state index in [0.29, 0.717) is 6.04 Å². The number of hydrogen-bond donors (Lipinski definition) is 1. The maximum Gasteiger partial charge on any atom is 0.0619 e. The Morgan fingerprint density at radius 3 is 2.11 bits per heavy atom. The third kappa shape index (κ3) is 12.4. The molecule has 0 aliphatic heterocycles. The zero-order chi connectivity index (χ0) is 13.5. The smallest absolute Gasteiger partial charge is 0.0619 e. The fourth-order valence-corrected chi connectivity index (χ4v) is 2.25. The van der Waals surface area contributed by atoms with Gasteiger partial charge < -0.3 is 10.1 Å². The summed E-state index contributed by atoms with van der Waals surface area (Å²) in [7, 11) is 0. The van der Waals surface area contributed by atoms with E-state index in [1.54, 1.807) is 0 Å². The molecule has 1 unspecified atom stereocenters. The lowest BCUT2D eigenvalue weighted by atomic mass is 10.1. The highest BCUT2D eigenvalue weighted by molar-refractivity contribution is 4.65. The second-order valence-corrected chi connectivity index (χ2v) is 5.24. The molecular formula is C16H35NO. The molecule has 0 bridgehead atoms. The SMILES string of the molecule is CCCCCCCCCC(COCCC)NCC. The molecule has 0 aliphatic carbocycles. The highest BCUT2D eigenvalue weighted by Crippen LogP contribution is 2.10. The van der Waals surface area contributed by atoms with Crippen LogP contribution >= 0.6 is 0 Å². The van der Waals surface area contributed by atoms with Gasteiger partial charge in [0.25, 0.3) is 0 Å². The summed E-state index contributed by atoms with van der Waals surface area (Å²) < 4.78 is 5.65. The average molecular weight is 257 g/mol. The Morgan fingerprint density at radius 1 is 0.833 bits per heavy atom. The van der Waals surface area contributed by atoms with Gasteiger partial charge in [0.05, 0.1) is 6.61 Å². The van der Waals surface area contributed by atoms with Crippen LogP contribution in [0.3, 0.4) is 0 Å². The second kappa shape index (κ2) is 15.0. The molecule has 18 heavy (non-hydrogen) atoms. The second-order valence-electron chi connectivity index (χ2n) is 5.24. The predicted octanol–water partition coefficient (Wildman–Crippen LogP) is 4.53. The maximum atomic E-state index is 5.65. The molecule has 0 aromatic carbocycles. The van der Waals surface area contributed by atoms with Gasteiger partial charge >= 0.3 is 0 Å². The number of rotatable bonds is 14. The van der Waals surface area contributed by atoms with Gasteiger partial charge in [-0.2, -0.15) is 0 Å². The first kappa shape index (κ1) is 17.9. The van der Waals surface area contributed by atoms with E-state index in [1.165, 1.54) is 51.4 Å². The van der Waals surface area contributed by atoms with Crippen LogP contribution in [-0.4, -0.2) is 25.8 Å². The molecule has 0 rings (SSSR count). The lowest BCUT2D eigenvalue weighted by Crippen LogP contribution is -2.33. The van der Waals surface area contributed by atoms with Gasteiger partial charge in [-0.15, -0.1) is 0 Å². The minimum Gasteiger partial charge on any atom is -0.380 e. The van der Waals surface area contributed by atoms with Gasteiger partial charge in [0, 0.05) is 12.6 Å². The molecule has 0 heterocycles. The Labute approximate surface area is 115 Å². The Hall–Kier alpha value is -0.0800. The van der Waals surface area contributed by atoms with Crippen LogP contribution in [0.5, 0.6) is 0 Å². The zero-order valence-corrected chi connectivity index (χ0v) is 13.0. The summed E-state index contributed by atoms with van der Waals surface area (Å²) in [5.74, 6) is 0. The van der Waals surface area contributed by atoms with Crippen molar-refractivity contribution >= 4 is 0 Å². The summed E-state index contributed by atoms with van der Waals surface area (Å²) in [6, 6.07) is 0.567. The molecule has 1 atom stereocenters. The van der Waals surface area contributed by atoms with Gasteiger partial charge in [-0.1, -0.05) is 65.7 Å². The van der Waals surface area contributed by atoms with Crippen molar-refractivity contribution in [2.45, 2.75) is 84.6 Å². The van der Waals surface area contributed by atoms with Crippen molar-refractivity contribution in [3.63, 3.8) is 0 Å². The van der Waals surface area contributed by atoms with Gasteiger partial charge in [0.2, 0.25) is 0 Å². The van der Waals surface area contributed by atoms with E-state index in [9.17, 15) is 0 Å². The first-order valence-corrected chi connectivity index (χ1v) is 8.16. The van der Waals surface area contributed by atoms with Crippen molar-refractivity contribution in [3.05, 3.63) is 0 Å². The van der Waals surface area contributed by atoms with E-state index in [4.69, 9.17) is 4.74 Å². The molecule has 0 aromatic rings. The van der Waals surface area contributed by atoms with Gasteiger partial charge in [-0.25, -0.2) is 0 Å². The minimum atomic E-state index is 0.567. The molecule has 2 heteroatoms. The molecule has 0 aromatic heterocycles. The summed E-state index contributed by atoms with van der Waals surface area (Å²) in [5.41, 5.74) is 0. The molecule has 0 aliphatic rings. The maximum absolute atomic E-state index is 5.65. The van der Waals surface area contributed by atoms with Crippen molar-refractivity contribution in [1.29, 1.82) is 0 Å². The van der Waals surface area contributed by atoms with E-state index in [2.05, 4.69) is 26.1 Å². The molecular weight excluding hydrogens is 222 g/mol. The molecule has 2 nitrogen and oxygen atoms in total. The van der Waals surface area contributed by atoms with E-state index in [1.807, 2.05) is 0 Å². The summed E-state index contributed by atoms with van der Waals surface area (Å²) in [6.07, 6.45) is 12.1. The fraction of sp³-hybridized carbons (Fsp3) is 1.00. The Kier molecular flexibility index (Phi) is 14.9. The lowest BCUT2D eigenvalue weighted by Gasteiger charge is -2.17. The highest BCUT2D eigenvalue weighted by atomic mass is 16.5. The minimum absolute atomic E-state index is 0.567. The first-order chi connectivity index (χ1) is 8.85. The van der Waals surface area contributed by atoms with Crippen LogP contribution in [0.4, 0.5) is 0 Å². The number of unbranched alkanes of at least 4 members (excludes halogenated alkanes) is 6. The zero-order valence-electron chi connectivity index (χ0n) is 13.0. The lowest BCUT2D eigenvalue weighted by molar-refractivity contribution is 0.109. The van der Waals surface area contributed by atoms with Crippen LogP contribution in [0, 0.1) is 0 Å². The van der Waals surface area contributed by atoms with Crippen LogP contribution in [0.25, 0.3) is 0 Å². The predicted molar refractivity (Wildman–Crippen MR) is 81.2 cm³/mol. The average Bonchev–Trinajstić information content (AvgIpc) is 2.38. The molecule has 0 saturated heterocycles. The molecule has 0 amide bonds. The van der Waals surface area contributed by atoms with Crippen LogP contribution in [0.2, 0.25) is 0 Å². The van der Waals surface area contributed by atoms with Crippen LogP contribution in [0.15, 0.2) is 0 Å². The number of nitrogens with one attached hydrogen (secondary N) is 1. The van der Waals surface area contributed by atoms with Gasteiger partial charge in [-0.05, 0) is 19.4 Å². The number of hydrogen-bond acceptors (Lipinski definition) is 2. The quantitative estimate of drug-likeness (QED) is 0.462. The monoisotopic (exact) mass is 257 g/mol. The fourth-order valence-electron chi connectivity index (χ4n) is 2.25. The van der Waals surface area contributed by atoms with E-state index in [0.717, 1.165) is 26.2 Å². The Bertz CT molecular complexity index is 150. The van der Waals surface area contributed by atoms with Gasteiger partial charge in [0.15, 0.2) is 0 Å². The summed E-state index contributed by atoms with van der Waals surface area (Å²) in [6.45, 7) is 9.46. The van der Waals surface area contributed by atoms with Crippen LogP contribution in [-0.2, 0) is 4.74 Å². The molecule has 1 N–H and O–H groups in total.